The van der Waals surface area contributed by atoms with Crippen LogP contribution in [-0.4, -0.2) is 45.3 Å². The number of hydrogen-bond donors (Lipinski definition) is 1. The van der Waals surface area contributed by atoms with Crippen LogP contribution in [0.25, 0.3) is 5.00 Å². The first-order valence-corrected chi connectivity index (χ1v) is 11.2. The minimum atomic E-state index is -0.199. The van der Waals surface area contributed by atoms with Crippen molar-refractivity contribution in [2.24, 2.45) is 5.92 Å². The lowest BCUT2D eigenvalue weighted by Gasteiger charge is -2.32. The van der Waals surface area contributed by atoms with E-state index >= 15 is 0 Å². The van der Waals surface area contributed by atoms with Gasteiger partial charge >= 0.3 is 5.69 Å². The lowest BCUT2D eigenvalue weighted by molar-refractivity contribution is -0.131. The highest BCUT2D eigenvalue weighted by Gasteiger charge is 2.25. The number of amides is 1. The molecule has 158 valence electrons. The van der Waals surface area contributed by atoms with E-state index in [0.29, 0.717) is 18.9 Å². The number of hydrogen-bond acceptors (Lipinski definition) is 5. The zero-order valence-electron chi connectivity index (χ0n) is 17.0. The smallest absolute Gasteiger partial charge is 0.348 e. The number of carbonyl (C=O) groups excluding carboxylic acids is 1. The maximum atomic E-state index is 12.7. The van der Waals surface area contributed by atoms with Crippen LogP contribution in [0.5, 0.6) is 5.75 Å². The Labute approximate surface area is 179 Å². The molecule has 2 aromatic heterocycles. The van der Waals surface area contributed by atoms with E-state index < -0.39 is 0 Å². The Bertz CT molecular complexity index is 1020. The second-order valence-electron chi connectivity index (χ2n) is 7.51. The predicted molar refractivity (Wildman–Crippen MR) is 116 cm³/mol. The van der Waals surface area contributed by atoms with Crippen LogP contribution in [0.1, 0.15) is 31.2 Å². The molecular formula is C22H26N4O3S. The van der Waals surface area contributed by atoms with E-state index in [0.717, 1.165) is 54.5 Å². The highest BCUT2D eigenvalue weighted by molar-refractivity contribution is 7.12. The van der Waals surface area contributed by atoms with Gasteiger partial charge in [0.05, 0.1) is 13.0 Å². The summed E-state index contributed by atoms with van der Waals surface area (Å²) in [7, 11) is 0. The summed E-state index contributed by atoms with van der Waals surface area (Å²) in [6.45, 7) is 4.08. The summed E-state index contributed by atoms with van der Waals surface area (Å²) in [5, 5.41) is 9.64. The second-order valence-corrected chi connectivity index (χ2v) is 8.44. The number of H-pyrrole nitrogens is 1. The third-order valence-corrected chi connectivity index (χ3v) is 6.35. The summed E-state index contributed by atoms with van der Waals surface area (Å²) in [5.41, 5.74) is 0.803. The Hall–Kier alpha value is -2.87. The predicted octanol–water partition coefficient (Wildman–Crippen LogP) is 3.04. The largest absolute Gasteiger partial charge is 0.494 e. The number of rotatable bonds is 7. The zero-order valence-corrected chi connectivity index (χ0v) is 17.9. The van der Waals surface area contributed by atoms with Crippen molar-refractivity contribution in [3.63, 3.8) is 0 Å². The number of nitrogens with zero attached hydrogens (tertiary/aromatic N) is 3. The molecule has 1 fully saturated rings. The maximum absolute atomic E-state index is 12.7. The molecule has 1 aliphatic heterocycles. The lowest BCUT2D eigenvalue weighted by atomic mass is 9.93. The fraction of sp³-hybridized carbons (Fsp3) is 0.409. The van der Waals surface area contributed by atoms with Gasteiger partial charge in [-0.2, -0.15) is 5.10 Å². The first-order valence-electron chi connectivity index (χ1n) is 10.3. The van der Waals surface area contributed by atoms with Gasteiger partial charge in [-0.1, -0.05) is 12.1 Å². The molecule has 1 aliphatic rings. The molecule has 0 bridgehead atoms. The fourth-order valence-corrected chi connectivity index (χ4v) is 4.64. The Balaban J connectivity index is 1.31. The van der Waals surface area contributed by atoms with E-state index in [2.05, 4.69) is 10.2 Å². The average Bonchev–Trinajstić information content (AvgIpc) is 3.40. The SMILES string of the molecule is CCOc1ccc(CC(=O)N2CCC(Cc3n[nH]c(=O)n3-c3cccs3)CC2)cc1. The number of thiophene rings is 1. The van der Waals surface area contributed by atoms with E-state index in [1.807, 2.05) is 53.6 Å². The molecule has 0 radical (unpaired) electrons. The van der Waals surface area contributed by atoms with Crippen LogP contribution in [-0.2, 0) is 17.6 Å². The maximum Gasteiger partial charge on any atom is 0.348 e. The Kier molecular flexibility index (Phi) is 6.32. The summed E-state index contributed by atoms with van der Waals surface area (Å²) in [4.78, 5) is 26.8. The summed E-state index contributed by atoms with van der Waals surface area (Å²) in [6, 6.07) is 11.6. The number of carbonyl (C=O) groups is 1. The van der Waals surface area contributed by atoms with Gasteiger partial charge in [0.1, 0.15) is 16.6 Å². The monoisotopic (exact) mass is 426 g/mol. The normalized spacial score (nSPS) is 14.8. The van der Waals surface area contributed by atoms with Crippen LogP contribution in [0.15, 0.2) is 46.6 Å². The van der Waals surface area contributed by atoms with Gasteiger partial charge in [0, 0.05) is 19.5 Å². The molecule has 0 atom stereocenters. The molecule has 3 aromatic rings. The van der Waals surface area contributed by atoms with Crippen LogP contribution in [0.3, 0.4) is 0 Å². The minimum absolute atomic E-state index is 0.160. The van der Waals surface area contributed by atoms with Gasteiger partial charge in [-0.15, -0.1) is 11.3 Å². The summed E-state index contributed by atoms with van der Waals surface area (Å²) in [5.74, 6) is 2.16. The second kappa shape index (κ2) is 9.30. The quantitative estimate of drug-likeness (QED) is 0.630. The Morgan fingerprint density at radius 2 is 2.00 bits per heavy atom. The van der Waals surface area contributed by atoms with Crippen molar-refractivity contribution in [1.29, 1.82) is 0 Å². The number of nitrogens with one attached hydrogen (secondary N) is 1. The fourth-order valence-electron chi connectivity index (χ4n) is 3.89. The number of piperidine rings is 1. The molecule has 4 rings (SSSR count). The van der Waals surface area contributed by atoms with Gasteiger partial charge in [0.25, 0.3) is 0 Å². The van der Waals surface area contributed by atoms with Crippen LogP contribution in [0.4, 0.5) is 0 Å². The first kappa shape index (κ1) is 20.4. The summed E-state index contributed by atoms with van der Waals surface area (Å²) >= 11 is 1.52. The molecule has 8 heteroatoms. The molecule has 3 heterocycles. The third-order valence-electron chi connectivity index (χ3n) is 5.50. The molecule has 1 saturated heterocycles. The molecule has 0 saturated carbocycles. The van der Waals surface area contributed by atoms with Crippen molar-refractivity contribution in [3.05, 3.63) is 63.7 Å². The zero-order chi connectivity index (χ0) is 20.9. The number of aromatic nitrogens is 3. The van der Waals surface area contributed by atoms with Crippen molar-refractivity contribution >= 4 is 17.2 Å². The van der Waals surface area contributed by atoms with Crippen molar-refractivity contribution in [1.82, 2.24) is 19.7 Å². The highest BCUT2D eigenvalue weighted by Crippen LogP contribution is 2.23. The minimum Gasteiger partial charge on any atom is -0.494 e. The van der Waals surface area contributed by atoms with E-state index in [1.54, 1.807) is 4.57 Å². The number of aromatic amines is 1. The van der Waals surface area contributed by atoms with Crippen LogP contribution in [0, 0.1) is 5.92 Å². The van der Waals surface area contributed by atoms with Gasteiger partial charge in [-0.05, 0) is 60.9 Å². The summed E-state index contributed by atoms with van der Waals surface area (Å²) < 4.78 is 7.11. The standard InChI is InChI=1S/C22H26N4O3S/c1-2-29-18-7-5-16(6-8-18)15-20(27)25-11-9-17(10-12-25)14-19-23-24-22(28)26(19)21-4-3-13-30-21/h3-8,13,17H,2,9-12,14-15H2,1H3,(H,24,28). The first-order chi connectivity index (χ1) is 14.6. The molecule has 0 unspecified atom stereocenters. The molecule has 1 N–H and O–H groups in total. The Morgan fingerprint density at radius 3 is 2.67 bits per heavy atom. The topological polar surface area (TPSA) is 80.2 Å². The van der Waals surface area contributed by atoms with Crippen molar-refractivity contribution < 1.29 is 9.53 Å². The van der Waals surface area contributed by atoms with Gasteiger partial charge in [0.15, 0.2) is 0 Å². The van der Waals surface area contributed by atoms with Crippen LogP contribution in [0.2, 0.25) is 0 Å². The highest BCUT2D eigenvalue weighted by atomic mass is 32.1. The Morgan fingerprint density at radius 1 is 1.23 bits per heavy atom. The van der Waals surface area contributed by atoms with E-state index in [1.165, 1.54) is 11.3 Å². The number of likely N-dealkylation sites (tertiary alicyclic amines) is 1. The summed E-state index contributed by atoms with van der Waals surface area (Å²) in [6.07, 6.45) is 2.98. The molecule has 30 heavy (non-hydrogen) atoms. The van der Waals surface area contributed by atoms with Gasteiger partial charge < -0.3 is 9.64 Å². The molecule has 0 spiro atoms. The molecule has 1 amide bonds. The van der Waals surface area contributed by atoms with E-state index in [9.17, 15) is 9.59 Å². The third kappa shape index (κ3) is 4.64. The van der Waals surface area contributed by atoms with E-state index in [4.69, 9.17) is 4.74 Å². The lowest BCUT2D eigenvalue weighted by Crippen LogP contribution is -2.39. The molecule has 0 aliphatic carbocycles. The van der Waals surface area contributed by atoms with Crippen molar-refractivity contribution in [2.75, 3.05) is 19.7 Å². The van der Waals surface area contributed by atoms with E-state index in [-0.39, 0.29) is 11.6 Å². The van der Waals surface area contributed by atoms with Gasteiger partial charge in [-0.25, -0.2) is 14.5 Å². The van der Waals surface area contributed by atoms with Gasteiger partial charge in [-0.3, -0.25) is 4.79 Å². The number of benzene rings is 1. The van der Waals surface area contributed by atoms with Crippen molar-refractivity contribution in [2.45, 2.75) is 32.6 Å². The molecule has 1 aromatic carbocycles. The number of ether oxygens (including phenoxy) is 1. The van der Waals surface area contributed by atoms with Crippen molar-refractivity contribution in [3.8, 4) is 10.8 Å². The average molecular weight is 427 g/mol. The van der Waals surface area contributed by atoms with Crippen LogP contribution >= 0.6 is 11.3 Å². The molecular weight excluding hydrogens is 400 g/mol. The van der Waals surface area contributed by atoms with Gasteiger partial charge in [0.2, 0.25) is 5.91 Å². The molecule has 7 nitrogen and oxygen atoms in total. The van der Waals surface area contributed by atoms with Crippen LogP contribution < -0.4 is 10.4 Å².